The maximum atomic E-state index is 12.8. The maximum Gasteiger partial charge on any atom is 0.338 e. The second kappa shape index (κ2) is 8.85. The molecule has 160 valence electrons. The summed E-state index contributed by atoms with van der Waals surface area (Å²) < 4.78 is 5.09. The lowest BCUT2D eigenvalue weighted by Gasteiger charge is -2.13. The zero-order valence-electron chi connectivity index (χ0n) is 17.3. The molecular formula is C25H20N2O5. The Morgan fingerprint density at radius 3 is 2.31 bits per heavy atom. The van der Waals surface area contributed by atoms with Crippen LogP contribution in [0.4, 0.5) is 5.69 Å². The summed E-state index contributed by atoms with van der Waals surface area (Å²) in [6.07, 6.45) is 0. The van der Waals surface area contributed by atoms with E-state index >= 15 is 0 Å². The minimum atomic E-state index is -0.755. The maximum absolute atomic E-state index is 12.8. The lowest BCUT2D eigenvalue weighted by Crippen LogP contribution is -2.29. The van der Waals surface area contributed by atoms with Crippen molar-refractivity contribution in [2.45, 2.75) is 13.5 Å². The number of esters is 1. The highest BCUT2D eigenvalue weighted by atomic mass is 16.5. The molecule has 4 rings (SSSR count). The molecule has 0 atom stereocenters. The molecule has 1 N–H and O–H groups in total. The smallest absolute Gasteiger partial charge is 0.338 e. The highest BCUT2D eigenvalue weighted by molar-refractivity contribution is 6.21. The molecule has 7 nitrogen and oxygen atoms in total. The second-order valence-corrected chi connectivity index (χ2v) is 7.38. The fraction of sp³-hybridized carbons (Fsp3) is 0.120. The number of nitrogens with one attached hydrogen (secondary N) is 1. The molecule has 32 heavy (non-hydrogen) atoms. The molecule has 0 fully saturated rings. The van der Waals surface area contributed by atoms with Gasteiger partial charge < -0.3 is 10.1 Å². The van der Waals surface area contributed by atoms with Gasteiger partial charge in [0, 0.05) is 5.69 Å². The van der Waals surface area contributed by atoms with Crippen LogP contribution in [0, 0.1) is 6.92 Å². The molecule has 0 spiro atoms. The first-order valence-electron chi connectivity index (χ1n) is 10.0. The summed E-state index contributed by atoms with van der Waals surface area (Å²) in [6, 6.07) is 20.6. The minimum absolute atomic E-state index is 0.0927. The molecule has 0 aromatic heterocycles. The molecule has 3 aromatic carbocycles. The summed E-state index contributed by atoms with van der Waals surface area (Å²) in [5.74, 6) is -2.12. The summed E-state index contributed by atoms with van der Waals surface area (Å²) in [6.45, 7) is 1.52. The number of anilines is 1. The van der Waals surface area contributed by atoms with Crippen LogP contribution >= 0.6 is 0 Å². The van der Waals surface area contributed by atoms with Crippen LogP contribution in [0.5, 0.6) is 0 Å². The molecule has 0 radical (unpaired) electrons. The van der Waals surface area contributed by atoms with E-state index in [9.17, 15) is 19.2 Å². The highest BCUT2D eigenvalue weighted by Gasteiger charge is 2.36. The van der Waals surface area contributed by atoms with Crippen LogP contribution in [0.25, 0.3) is 0 Å². The molecule has 0 saturated carbocycles. The molecule has 1 aliphatic heterocycles. The number of nitrogens with zero attached hydrogens (tertiary/aromatic N) is 1. The van der Waals surface area contributed by atoms with Crippen molar-refractivity contribution in [3.05, 3.63) is 101 Å². The van der Waals surface area contributed by atoms with Crippen molar-refractivity contribution in [2.75, 3.05) is 11.9 Å². The molecule has 0 saturated heterocycles. The zero-order chi connectivity index (χ0) is 22.7. The van der Waals surface area contributed by atoms with Gasteiger partial charge >= 0.3 is 5.97 Å². The van der Waals surface area contributed by atoms with Crippen LogP contribution in [-0.2, 0) is 16.1 Å². The summed E-state index contributed by atoms with van der Waals surface area (Å²) in [4.78, 5) is 51.1. The van der Waals surface area contributed by atoms with E-state index in [1.807, 2.05) is 49.4 Å². The zero-order valence-corrected chi connectivity index (χ0v) is 17.3. The summed E-state index contributed by atoms with van der Waals surface area (Å²) in [7, 11) is 0. The van der Waals surface area contributed by atoms with E-state index in [1.54, 1.807) is 12.1 Å². The first-order chi connectivity index (χ1) is 15.4. The molecule has 1 aliphatic rings. The monoisotopic (exact) mass is 428 g/mol. The normalized spacial score (nSPS) is 12.5. The number of hydrogen-bond donors (Lipinski definition) is 1. The Balaban J connectivity index is 1.42. The van der Waals surface area contributed by atoms with Gasteiger partial charge in [-0.2, -0.15) is 0 Å². The fourth-order valence-corrected chi connectivity index (χ4v) is 3.44. The third kappa shape index (κ3) is 4.27. The fourth-order valence-electron chi connectivity index (χ4n) is 3.44. The van der Waals surface area contributed by atoms with Crippen molar-refractivity contribution < 1.29 is 23.9 Å². The number of rotatable bonds is 6. The highest BCUT2D eigenvalue weighted by Crippen LogP contribution is 2.26. The Labute approximate surface area is 184 Å². The van der Waals surface area contributed by atoms with Crippen molar-refractivity contribution in [1.29, 1.82) is 0 Å². The van der Waals surface area contributed by atoms with Gasteiger partial charge in [-0.25, -0.2) is 4.79 Å². The SMILES string of the molecule is Cc1ccccc1NC(=O)COC(=O)c1ccc2c(c1)C(=O)N(Cc1ccccc1)C2=O. The first kappa shape index (κ1) is 21.0. The molecular weight excluding hydrogens is 408 g/mol. The third-order valence-corrected chi connectivity index (χ3v) is 5.14. The Hall–Kier alpha value is -4.26. The number of amides is 3. The molecule has 0 bridgehead atoms. The van der Waals surface area contributed by atoms with Gasteiger partial charge in [-0.05, 0) is 42.3 Å². The Kier molecular flexibility index (Phi) is 5.81. The van der Waals surface area contributed by atoms with Gasteiger partial charge in [0.25, 0.3) is 17.7 Å². The van der Waals surface area contributed by atoms with Gasteiger partial charge in [0.05, 0.1) is 23.2 Å². The number of benzene rings is 3. The average molecular weight is 428 g/mol. The summed E-state index contributed by atoms with van der Waals surface area (Å²) in [5.41, 5.74) is 2.81. The number of hydrogen-bond acceptors (Lipinski definition) is 5. The van der Waals surface area contributed by atoms with Crippen LogP contribution < -0.4 is 5.32 Å². The lowest BCUT2D eigenvalue weighted by molar-refractivity contribution is -0.119. The van der Waals surface area contributed by atoms with E-state index in [-0.39, 0.29) is 23.2 Å². The molecule has 3 amide bonds. The van der Waals surface area contributed by atoms with E-state index in [2.05, 4.69) is 5.32 Å². The van der Waals surface area contributed by atoms with Gasteiger partial charge in [-0.15, -0.1) is 0 Å². The summed E-state index contributed by atoms with van der Waals surface area (Å²) in [5, 5.41) is 2.68. The van der Waals surface area contributed by atoms with E-state index < -0.39 is 30.3 Å². The molecule has 3 aromatic rings. The van der Waals surface area contributed by atoms with Crippen LogP contribution in [-0.4, -0.2) is 35.2 Å². The first-order valence-corrected chi connectivity index (χ1v) is 10.0. The van der Waals surface area contributed by atoms with Gasteiger partial charge in [-0.3, -0.25) is 19.3 Å². The van der Waals surface area contributed by atoms with Gasteiger partial charge in [0.15, 0.2) is 6.61 Å². The number of aryl methyl sites for hydroxylation is 1. The van der Waals surface area contributed by atoms with E-state index in [0.29, 0.717) is 5.69 Å². The molecule has 0 unspecified atom stereocenters. The minimum Gasteiger partial charge on any atom is -0.452 e. The van der Waals surface area contributed by atoms with Crippen molar-refractivity contribution in [1.82, 2.24) is 4.90 Å². The Morgan fingerprint density at radius 2 is 1.56 bits per heavy atom. The van der Waals surface area contributed by atoms with Crippen molar-refractivity contribution in [2.24, 2.45) is 0 Å². The van der Waals surface area contributed by atoms with Crippen LogP contribution in [0.15, 0.2) is 72.8 Å². The standard InChI is InChI=1S/C25H20N2O5/c1-16-7-5-6-10-21(16)26-22(28)15-32-25(31)18-11-12-19-20(13-18)24(30)27(23(19)29)14-17-8-3-2-4-9-17/h2-13H,14-15H2,1H3,(H,26,28). The van der Waals surface area contributed by atoms with Gasteiger partial charge in [0.1, 0.15) is 0 Å². The number of imide groups is 1. The Morgan fingerprint density at radius 1 is 0.875 bits per heavy atom. The largest absolute Gasteiger partial charge is 0.452 e. The Bertz CT molecular complexity index is 1220. The lowest BCUT2D eigenvalue weighted by atomic mass is 10.1. The van der Waals surface area contributed by atoms with Crippen LogP contribution in [0.3, 0.4) is 0 Å². The van der Waals surface area contributed by atoms with Crippen molar-refractivity contribution in [3.8, 4) is 0 Å². The second-order valence-electron chi connectivity index (χ2n) is 7.38. The van der Waals surface area contributed by atoms with Crippen molar-refractivity contribution >= 4 is 29.4 Å². The average Bonchev–Trinajstić information content (AvgIpc) is 3.04. The van der Waals surface area contributed by atoms with Gasteiger partial charge in [0.2, 0.25) is 0 Å². The van der Waals surface area contributed by atoms with Gasteiger partial charge in [-0.1, -0.05) is 48.5 Å². The molecule has 1 heterocycles. The van der Waals surface area contributed by atoms with E-state index in [0.717, 1.165) is 16.0 Å². The summed E-state index contributed by atoms with van der Waals surface area (Å²) >= 11 is 0. The predicted molar refractivity (Wildman–Crippen MR) is 117 cm³/mol. The van der Waals surface area contributed by atoms with Crippen molar-refractivity contribution in [3.63, 3.8) is 0 Å². The van der Waals surface area contributed by atoms with Crippen LogP contribution in [0.1, 0.15) is 42.2 Å². The van der Waals surface area contributed by atoms with E-state index in [4.69, 9.17) is 4.74 Å². The van der Waals surface area contributed by atoms with E-state index in [1.165, 1.54) is 18.2 Å². The predicted octanol–water partition coefficient (Wildman–Crippen LogP) is 3.59. The molecule has 7 heteroatoms. The number of fused-ring (bicyclic) bond motifs is 1. The topological polar surface area (TPSA) is 92.8 Å². The molecule has 0 aliphatic carbocycles. The quantitative estimate of drug-likeness (QED) is 0.479. The number of ether oxygens (including phenoxy) is 1. The number of carbonyl (C=O) groups is 4. The van der Waals surface area contributed by atoms with Crippen LogP contribution in [0.2, 0.25) is 0 Å². The third-order valence-electron chi connectivity index (χ3n) is 5.14. The number of para-hydroxylation sites is 1. The number of carbonyl (C=O) groups excluding carboxylic acids is 4.